The molecule has 0 aromatic heterocycles. The van der Waals surface area contributed by atoms with Crippen LogP contribution in [0, 0.1) is 12.8 Å². The Morgan fingerprint density at radius 2 is 2.21 bits per heavy atom. The van der Waals surface area contributed by atoms with Crippen LogP contribution in [0.3, 0.4) is 0 Å². The number of likely N-dealkylation sites (N-methyl/N-ethyl adjacent to an activating group) is 1. The number of rotatable bonds is 8. The highest BCUT2D eigenvalue weighted by atomic mass is 16.5. The predicted octanol–water partition coefficient (Wildman–Crippen LogP) is 1.93. The van der Waals surface area contributed by atoms with Crippen LogP contribution in [0.2, 0.25) is 0 Å². The maximum Gasteiger partial charge on any atom is 0.227 e. The highest BCUT2D eigenvalue weighted by Crippen LogP contribution is 2.19. The van der Waals surface area contributed by atoms with Gasteiger partial charge in [0.1, 0.15) is 12.4 Å². The van der Waals surface area contributed by atoms with E-state index >= 15 is 0 Å². The number of amides is 1. The van der Waals surface area contributed by atoms with Gasteiger partial charge in [-0.2, -0.15) is 0 Å². The van der Waals surface area contributed by atoms with Gasteiger partial charge in [-0.15, -0.1) is 0 Å². The Balaban J connectivity index is 1.83. The fourth-order valence-corrected chi connectivity index (χ4v) is 3.27. The highest BCUT2D eigenvalue weighted by Gasteiger charge is 2.28. The minimum atomic E-state index is 0.0451. The van der Waals surface area contributed by atoms with E-state index in [1.807, 2.05) is 43.0 Å². The quantitative estimate of drug-likeness (QED) is 0.789. The number of nitrogens with zero attached hydrogens (tertiary/aromatic N) is 2. The number of carbonyl (C=O) groups is 1. The van der Waals surface area contributed by atoms with Crippen LogP contribution in [0.5, 0.6) is 5.75 Å². The van der Waals surface area contributed by atoms with Crippen molar-refractivity contribution in [1.29, 1.82) is 0 Å². The number of aliphatic hydroxyl groups excluding tert-OH is 1. The zero-order valence-corrected chi connectivity index (χ0v) is 14.9. The average Bonchev–Trinajstić information content (AvgIpc) is 2.60. The Kier molecular flexibility index (Phi) is 7.53. The van der Waals surface area contributed by atoms with Gasteiger partial charge in [-0.3, -0.25) is 4.79 Å². The molecule has 24 heavy (non-hydrogen) atoms. The molecule has 1 atom stereocenters. The third-order valence-corrected chi connectivity index (χ3v) is 4.68. The fourth-order valence-electron chi connectivity index (χ4n) is 3.27. The molecule has 1 heterocycles. The van der Waals surface area contributed by atoms with Gasteiger partial charge < -0.3 is 19.6 Å². The smallest absolute Gasteiger partial charge is 0.227 e. The number of β-amino-alcohol motifs (C(OH)–C–C–N with tert-alkyl or cyclic N) is 1. The van der Waals surface area contributed by atoms with E-state index in [0.29, 0.717) is 26.2 Å². The Bertz CT molecular complexity index is 519. The van der Waals surface area contributed by atoms with E-state index < -0.39 is 0 Å². The summed E-state index contributed by atoms with van der Waals surface area (Å²) >= 11 is 0. The lowest BCUT2D eigenvalue weighted by Crippen LogP contribution is -2.46. The second-order valence-electron chi connectivity index (χ2n) is 6.40. The number of ether oxygens (including phenoxy) is 1. The summed E-state index contributed by atoms with van der Waals surface area (Å²) in [6, 6.07) is 7.94. The van der Waals surface area contributed by atoms with Crippen LogP contribution in [0.4, 0.5) is 0 Å². The molecule has 0 saturated carbocycles. The van der Waals surface area contributed by atoms with Crippen LogP contribution >= 0.6 is 0 Å². The molecule has 1 aliphatic rings. The maximum absolute atomic E-state index is 12.8. The first-order valence-electron chi connectivity index (χ1n) is 8.96. The molecule has 5 heteroatoms. The van der Waals surface area contributed by atoms with E-state index in [0.717, 1.165) is 37.2 Å². The lowest BCUT2D eigenvalue weighted by molar-refractivity contribution is -0.137. The van der Waals surface area contributed by atoms with Gasteiger partial charge in [0, 0.05) is 19.6 Å². The summed E-state index contributed by atoms with van der Waals surface area (Å²) in [5.41, 5.74) is 1.11. The second kappa shape index (κ2) is 9.64. The molecule has 1 N–H and O–H groups in total. The summed E-state index contributed by atoms with van der Waals surface area (Å²) in [5.74, 6) is 1.14. The molecular formula is C19H30N2O3. The second-order valence-corrected chi connectivity index (χ2v) is 6.40. The Morgan fingerprint density at radius 3 is 2.92 bits per heavy atom. The van der Waals surface area contributed by atoms with Gasteiger partial charge in [-0.05, 0) is 44.9 Å². The molecule has 1 aromatic rings. The number of hydrogen-bond acceptors (Lipinski definition) is 4. The largest absolute Gasteiger partial charge is 0.491 e. The molecule has 0 bridgehead atoms. The van der Waals surface area contributed by atoms with Crippen molar-refractivity contribution in [3.8, 4) is 5.75 Å². The minimum Gasteiger partial charge on any atom is -0.491 e. The molecule has 1 aliphatic heterocycles. The molecule has 134 valence electrons. The van der Waals surface area contributed by atoms with E-state index in [1.165, 1.54) is 0 Å². The zero-order valence-electron chi connectivity index (χ0n) is 14.9. The molecule has 1 fully saturated rings. The SMILES string of the molecule is CCN(CCOc1ccccc1C)C(=O)[C@H]1CCCN(CCO)C1. The Hall–Kier alpha value is -1.59. The first-order valence-corrected chi connectivity index (χ1v) is 8.96. The topological polar surface area (TPSA) is 53.0 Å². The van der Waals surface area contributed by atoms with Gasteiger partial charge in [-0.1, -0.05) is 18.2 Å². The predicted molar refractivity (Wildman–Crippen MR) is 95.2 cm³/mol. The molecule has 1 saturated heterocycles. The van der Waals surface area contributed by atoms with Gasteiger partial charge in [0.2, 0.25) is 5.91 Å². The van der Waals surface area contributed by atoms with Crippen molar-refractivity contribution < 1.29 is 14.6 Å². The Morgan fingerprint density at radius 1 is 1.42 bits per heavy atom. The number of hydrogen-bond donors (Lipinski definition) is 1. The first kappa shape index (κ1) is 18.7. The molecule has 1 aromatic carbocycles. The molecule has 0 unspecified atom stereocenters. The number of likely N-dealkylation sites (tertiary alicyclic amines) is 1. The van der Waals surface area contributed by atoms with Crippen molar-refractivity contribution in [3.63, 3.8) is 0 Å². The van der Waals surface area contributed by atoms with E-state index in [-0.39, 0.29) is 18.4 Å². The monoisotopic (exact) mass is 334 g/mol. The third kappa shape index (κ3) is 5.21. The zero-order chi connectivity index (χ0) is 17.4. The van der Waals surface area contributed by atoms with Crippen molar-refractivity contribution in [2.75, 3.05) is 45.9 Å². The van der Waals surface area contributed by atoms with Crippen LogP contribution in [0.15, 0.2) is 24.3 Å². The number of benzene rings is 1. The van der Waals surface area contributed by atoms with Crippen LogP contribution in [0.25, 0.3) is 0 Å². The van der Waals surface area contributed by atoms with Crippen LogP contribution in [-0.4, -0.2) is 66.8 Å². The maximum atomic E-state index is 12.8. The Labute approximate surface area is 145 Å². The van der Waals surface area contributed by atoms with Crippen molar-refractivity contribution in [2.24, 2.45) is 5.92 Å². The number of aryl methyl sites for hydroxylation is 1. The molecular weight excluding hydrogens is 304 g/mol. The molecule has 0 aliphatic carbocycles. The number of carbonyl (C=O) groups excluding carboxylic acids is 1. The summed E-state index contributed by atoms with van der Waals surface area (Å²) in [4.78, 5) is 16.8. The molecule has 0 radical (unpaired) electrons. The number of piperidine rings is 1. The lowest BCUT2D eigenvalue weighted by atomic mass is 9.96. The van der Waals surface area contributed by atoms with Crippen molar-refractivity contribution in [2.45, 2.75) is 26.7 Å². The minimum absolute atomic E-state index is 0.0451. The lowest BCUT2D eigenvalue weighted by Gasteiger charge is -2.34. The van der Waals surface area contributed by atoms with Crippen molar-refractivity contribution in [3.05, 3.63) is 29.8 Å². The van der Waals surface area contributed by atoms with E-state index in [2.05, 4.69) is 4.90 Å². The third-order valence-electron chi connectivity index (χ3n) is 4.68. The van der Waals surface area contributed by atoms with Crippen LogP contribution < -0.4 is 4.74 Å². The standard InChI is InChI=1S/C19H30N2O3/c1-3-21(12-14-24-18-9-5-4-7-16(18)2)19(23)17-8-6-10-20(15-17)11-13-22/h4-5,7,9,17,22H,3,6,8,10-15H2,1-2H3/t17-/m0/s1. The molecule has 0 spiro atoms. The molecule has 5 nitrogen and oxygen atoms in total. The highest BCUT2D eigenvalue weighted by molar-refractivity contribution is 5.79. The normalized spacial score (nSPS) is 18.4. The van der Waals surface area contributed by atoms with Crippen LogP contribution in [-0.2, 0) is 4.79 Å². The van der Waals surface area contributed by atoms with Crippen LogP contribution in [0.1, 0.15) is 25.3 Å². The van der Waals surface area contributed by atoms with E-state index in [1.54, 1.807) is 0 Å². The fraction of sp³-hybridized carbons (Fsp3) is 0.632. The summed E-state index contributed by atoms with van der Waals surface area (Å²) < 4.78 is 5.83. The van der Waals surface area contributed by atoms with E-state index in [4.69, 9.17) is 9.84 Å². The average molecular weight is 334 g/mol. The van der Waals surface area contributed by atoms with Gasteiger partial charge in [0.15, 0.2) is 0 Å². The summed E-state index contributed by atoms with van der Waals surface area (Å²) in [5, 5.41) is 9.09. The van der Waals surface area contributed by atoms with Gasteiger partial charge in [-0.25, -0.2) is 0 Å². The number of para-hydroxylation sites is 1. The molecule has 2 rings (SSSR count). The van der Waals surface area contributed by atoms with Gasteiger partial charge in [0.25, 0.3) is 0 Å². The molecule has 1 amide bonds. The summed E-state index contributed by atoms with van der Waals surface area (Å²) in [7, 11) is 0. The van der Waals surface area contributed by atoms with Gasteiger partial charge in [0.05, 0.1) is 19.1 Å². The van der Waals surface area contributed by atoms with Gasteiger partial charge >= 0.3 is 0 Å². The summed E-state index contributed by atoms with van der Waals surface area (Å²) in [6.45, 7) is 8.41. The first-order chi connectivity index (χ1) is 11.7. The summed E-state index contributed by atoms with van der Waals surface area (Å²) in [6.07, 6.45) is 1.96. The van der Waals surface area contributed by atoms with Crippen molar-refractivity contribution >= 4 is 5.91 Å². The number of aliphatic hydroxyl groups is 1. The van der Waals surface area contributed by atoms with Crippen molar-refractivity contribution in [1.82, 2.24) is 9.80 Å². The van der Waals surface area contributed by atoms with E-state index in [9.17, 15) is 4.79 Å².